The van der Waals surface area contributed by atoms with E-state index in [1.54, 1.807) is 0 Å². The van der Waals surface area contributed by atoms with Crippen LogP contribution in [0.2, 0.25) is 0 Å². The van der Waals surface area contributed by atoms with Gasteiger partial charge in [0.15, 0.2) is 0 Å². The highest BCUT2D eigenvalue weighted by atomic mass is 16.3. The Morgan fingerprint density at radius 2 is 2.05 bits per heavy atom. The number of H-pyrrole nitrogens is 1. The third kappa shape index (κ3) is 3.66. The predicted octanol–water partition coefficient (Wildman–Crippen LogP) is 1.22. The van der Waals surface area contributed by atoms with Crippen LogP contribution in [0.25, 0.3) is 11.3 Å². The first kappa shape index (κ1) is 14.7. The average Bonchev–Trinajstić information content (AvgIpc) is 2.93. The molecule has 20 heavy (non-hydrogen) atoms. The normalized spacial score (nSPS) is 11.2. The van der Waals surface area contributed by atoms with Gasteiger partial charge in [0.2, 0.25) is 0 Å². The van der Waals surface area contributed by atoms with Crippen LogP contribution in [-0.4, -0.2) is 47.4 Å². The molecule has 0 saturated carbocycles. The number of benzene rings is 1. The van der Waals surface area contributed by atoms with Crippen molar-refractivity contribution < 1.29 is 5.11 Å². The van der Waals surface area contributed by atoms with Crippen molar-refractivity contribution in [2.75, 3.05) is 27.2 Å². The molecule has 2 aromatic rings. The summed E-state index contributed by atoms with van der Waals surface area (Å²) in [5, 5.41) is 19.5. The molecular formula is C15H22N4O. The van der Waals surface area contributed by atoms with Crippen molar-refractivity contribution in [1.29, 1.82) is 0 Å². The van der Waals surface area contributed by atoms with Crippen LogP contribution in [0.4, 0.5) is 0 Å². The SMILES string of the molecule is CNCCN(C)Cc1cn[nH]c1-c1ccc(CO)cc1. The van der Waals surface area contributed by atoms with E-state index in [0.29, 0.717) is 0 Å². The van der Waals surface area contributed by atoms with Gasteiger partial charge in [0, 0.05) is 25.2 Å². The van der Waals surface area contributed by atoms with Gasteiger partial charge in [0.05, 0.1) is 18.5 Å². The van der Waals surface area contributed by atoms with E-state index in [4.69, 9.17) is 5.11 Å². The molecule has 0 saturated heterocycles. The van der Waals surface area contributed by atoms with E-state index in [-0.39, 0.29) is 6.61 Å². The maximum atomic E-state index is 9.08. The maximum absolute atomic E-state index is 9.08. The minimum atomic E-state index is 0.0723. The molecule has 0 spiro atoms. The van der Waals surface area contributed by atoms with Crippen molar-refractivity contribution >= 4 is 0 Å². The van der Waals surface area contributed by atoms with Crippen molar-refractivity contribution in [3.05, 3.63) is 41.6 Å². The van der Waals surface area contributed by atoms with Crippen LogP contribution in [0.1, 0.15) is 11.1 Å². The van der Waals surface area contributed by atoms with Crippen LogP contribution in [0.3, 0.4) is 0 Å². The Labute approximate surface area is 119 Å². The molecule has 2 rings (SSSR count). The van der Waals surface area contributed by atoms with Gasteiger partial charge >= 0.3 is 0 Å². The quantitative estimate of drug-likeness (QED) is 0.710. The zero-order valence-electron chi connectivity index (χ0n) is 12.1. The van der Waals surface area contributed by atoms with Gasteiger partial charge in [-0.15, -0.1) is 0 Å². The molecule has 1 aromatic carbocycles. The minimum absolute atomic E-state index is 0.0723. The van der Waals surface area contributed by atoms with Gasteiger partial charge < -0.3 is 15.3 Å². The van der Waals surface area contributed by atoms with E-state index < -0.39 is 0 Å². The second kappa shape index (κ2) is 7.19. The molecule has 0 amide bonds. The Balaban J connectivity index is 2.11. The van der Waals surface area contributed by atoms with E-state index in [0.717, 1.165) is 36.5 Å². The van der Waals surface area contributed by atoms with Gasteiger partial charge in [0.1, 0.15) is 0 Å². The van der Waals surface area contributed by atoms with Crippen LogP contribution in [0.5, 0.6) is 0 Å². The monoisotopic (exact) mass is 274 g/mol. The van der Waals surface area contributed by atoms with E-state index >= 15 is 0 Å². The number of aliphatic hydroxyl groups excluding tert-OH is 1. The van der Waals surface area contributed by atoms with E-state index in [2.05, 4.69) is 27.5 Å². The molecule has 0 fully saturated rings. The fourth-order valence-corrected chi connectivity index (χ4v) is 2.13. The Morgan fingerprint density at radius 1 is 1.30 bits per heavy atom. The summed E-state index contributed by atoms with van der Waals surface area (Å²) < 4.78 is 0. The first-order valence-electron chi connectivity index (χ1n) is 6.80. The predicted molar refractivity (Wildman–Crippen MR) is 80.2 cm³/mol. The zero-order valence-corrected chi connectivity index (χ0v) is 12.1. The molecule has 0 aliphatic carbocycles. The maximum Gasteiger partial charge on any atom is 0.0695 e. The van der Waals surface area contributed by atoms with Crippen LogP contribution < -0.4 is 5.32 Å². The average molecular weight is 274 g/mol. The molecule has 1 aromatic heterocycles. The van der Waals surface area contributed by atoms with Crippen molar-refractivity contribution in [1.82, 2.24) is 20.4 Å². The van der Waals surface area contributed by atoms with Crippen LogP contribution in [0, 0.1) is 0 Å². The Morgan fingerprint density at radius 3 is 2.70 bits per heavy atom. The van der Waals surface area contributed by atoms with Gasteiger partial charge in [-0.2, -0.15) is 5.10 Å². The summed E-state index contributed by atoms with van der Waals surface area (Å²) in [6.45, 7) is 2.89. The number of likely N-dealkylation sites (N-methyl/N-ethyl adjacent to an activating group) is 2. The summed E-state index contributed by atoms with van der Waals surface area (Å²) in [6.07, 6.45) is 1.88. The number of hydrogen-bond donors (Lipinski definition) is 3. The number of aromatic amines is 1. The highest BCUT2D eigenvalue weighted by Gasteiger charge is 2.09. The fraction of sp³-hybridized carbons (Fsp3) is 0.400. The van der Waals surface area contributed by atoms with Crippen molar-refractivity contribution in [2.24, 2.45) is 0 Å². The van der Waals surface area contributed by atoms with Crippen LogP contribution in [-0.2, 0) is 13.2 Å². The molecule has 0 aliphatic heterocycles. The Kier molecular flexibility index (Phi) is 5.29. The molecular weight excluding hydrogens is 252 g/mol. The van der Waals surface area contributed by atoms with E-state index in [9.17, 15) is 0 Å². The highest BCUT2D eigenvalue weighted by Crippen LogP contribution is 2.22. The topological polar surface area (TPSA) is 64.2 Å². The lowest BCUT2D eigenvalue weighted by atomic mass is 10.1. The number of aromatic nitrogens is 2. The van der Waals surface area contributed by atoms with Crippen molar-refractivity contribution in [3.8, 4) is 11.3 Å². The van der Waals surface area contributed by atoms with Gasteiger partial charge in [0.25, 0.3) is 0 Å². The third-order valence-electron chi connectivity index (χ3n) is 3.33. The van der Waals surface area contributed by atoms with Crippen molar-refractivity contribution in [2.45, 2.75) is 13.2 Å². The molecule has 0 radical (unpaired) electrons. The van der Waals surface area contributed by atoms with Gasteiger partial charge in [-0.1, -0.05) is 24.3 Å². The zero-order chi connectivity index (χ0) is 14.4. The summed E-state index contributed by atoms with van der Waals surface area (Å²) >= 11 is 0. The highest BCUT2D eigenvalue weighted by molar-refractivity contribution is 5.62. The van der Waals surface area contributed by atoms with E-state index in [1.807, 2.05) is 37.5 Å². The third-order valence-corrected chi connectivity index (χ3v) is 3.33. The minimum Gasteiger partial charge on any atom is -0.392 e. The lowest BCUT2D eigenvalue weighted by Gasteiger charge is -2.16. The van der Waals surface area contributed by atoms with Gasteiger partial charge in [-0.3, -0.25) is 5.10 Å². The second-order valence-electron chi connectivity index (χ2n) is 4.97. The van der Waals surface area contributed by atoms with Gasteiger partial charge in [-0.05, 0) is 25.2 Å². The summed E-state index contributed by atoms with van der Waals surface area (Å²) in [7, 11) is 4.06. The number of nitrogens with zero attached hydrogens (tertiary/aromatic N) is 2. The summed E-state index contributed by atoms with van der Waals surface area (Å²) in [5.74, 6) is 0. The Hall–Kier alpha value is -1.69. The van der Waals surface area contributed by atoms with Crippen molar-refractivity contribution in [3.63, 3.8) is 0 Å². The van der Waals surface area contributed by atoms with Crippen LogP contribution in [0.15, 0.2) is 30.5 Å². The number of nitrogens with one attached hydrogen (secondary N) is 2. The summed E-state index contributed by atoms with van der Waals surface area (Å²) in [6, 6.07) is 7.89. The molecule has 1 heterocycles. The standard InChI is InChI=1S/C15H22N4O/c1-16-7-8-19(2)10-14-9-17-18-15(14)13-5-3-12(11-20)4-6-13/h3-6,9,16,20H,7-8,10-11H2,1-2H3,(H,17,18). The molecule has 5 heteroatoms. The molecule has 3 N–H and O–H groups in total. The summed E-state index contributed by atoms with van der Waals surface area (Å²) in [4.78, 5) is 2.26. The molecule has 0 unspecified atom stereocenters. The first-order chi connectivity index (χ1) is 9.74. The number of aliphatic hydroxyl groups is 1. The molecule has 0 aliphatic rings. The largest absolute Gasteiger partial charge is 0.392 e. The lowest BCUT2D eigenvalue weighted by molar-refractivity contribution is 0.282. The van der Waals surface area contributed by atoms with Crippen LogP contribution >= 0.6 is 0 Å². The number of hydrogen-bond acceptors (Lipinski definition) is 4. The smallest absolute Gasteiger partial charge is 0.0695 e. The lowest BCUT2D eigenvalue weighted by Crippen LogP contribution is -2.26. The van der Waals surface area contributed by atoms with E-state index in [1.165, 1.54) is 5.56 Å². The Bertz CT molecular complexity index is 521. The second-order valence-corrected chi connectivity index (χ2v) is 4.97. The number of rotatable bonds is 7. The first-order valence-corrected chi connectivity index (χ1v) is 6.80. The molecule has 5 nitrogen and oxygen atoms in total. The fourth-order valence-electron chi connectivity index (χ4n) is 2.13. The molecule has 0 atom stereocenters. The molecule has 108 valence electrons. The molecule has 0 bridgehead atoms. The summed E-state index contributed by atoms with van der Waals surface area (Å²) in [5.41, 5.74) is 4.24. The van der Waals surface area contributed by atoms with Gasteiger partial charge in [-0.25, -0.2) is 0 Å².